The normalized spacial score (nSPS) is 38.3. The van der Waals surface area contributed by atoms with E-state index >= 15 is 0 Å². The maximum Gasteiger partial charge on any atom is 0.254 e. The summed E-state index contributed by atoms with van der Waals surface area (Å²) in [5, 5.41) is 0. The van der Waals surface area contributed by atoms with Crippen LogP contribution in [0.25, 0.3) is 0 Å². The molecule has 0 saturated heterocycles. The third-order valence-corrected chi connectivity index (χ3v) is 4.13. The van der Waals surface area contributed by atoms with Gasteiger partial charge in [-0.2, -0.15) is 0 Å². The van der Waals surface area contributed by atoms with Crippen molar-refractivity contribution in [2.24, 2.45) is 17.3 Å². The number of alkyl halides is 2. The van der Waals surface area contributed by atoms with Crippen molar-refractivity contribution in [1.29, 1.82) is 0 Å². The van der Waals surface area contributed by atoms with E-state index in [1.54, 1.807) is 0 Å². The van der Waals surface area contributed by atoms with E-state index in [-0.39, 0.29) is 24.0 Å². The van der Waals surface area contributed by atoms with E-state index in [9.17, 15) is 13.6 Å². The molecule has 2 rings (SSSR count). The van der Waals surface area contributed by atoms with Crippen LogP contribution in [0.3, 0.4) is 0 Å². The van der Waals surface area contributed by atoms with E-state index in [1.807, 2.05) is 13.8 Å². The van der Waals surface area contributed by atoms with Gasteiger partial charge in [0.2, 0.25) is 0 Å². The summed E-state index contributed by atoms with van der Waals surface area (Å²) in [6.45, 7) is 3.77. The molecule has 0 N–H and O–H groups in total. The Bertz CT molecular complexity index is 275. The molecule has 0 radical (unpaired) electrons. The number of Topliss-reactive ketones (excluding diaryl/α,β-unsaturated/α-hetero) is 1. The molecule has 2 aliphatic rings. The molecule has 0 aromatic heterocycles. The predicted molar refractivity (Wildman–Crippen MR) is 53.8 cm³/mol. The smallest absolute Gasteiger partial charge is 0.254 e. The lowest BCUT2D eigenvalue weighted by Crippen LogP contribution is -2.27. The molecule has 0 atom stereocenters. The van der Waals surface area contributed by atoms with E-state index in [1.165, 1.54) is 0 Å². The Morgan fingerprint density at radius 3 is 2.07 bits per heavy atom. The molecule has 0 heterocycles. The average molecular weight is 216 g/mol. The molecule has 1 spiro atoms. The molecule has 0 amide bonds. The fraction of sp³-hybridized carbons (Fsp3) is 0.917. The van der Waals surface area contributed by atoms with Crippen molar-refractivity contribution in [1.82, 2.24) is 0 Å². The zero-order valence-corrected chi connectivity index (χ0v) is 9.35. The van der Waals surface area contributed by atoms with Gasteiger partial charge in [-0.25, -0.2) is 8.78 Å². The first-order valence-corrected chi connectivity index (χ1v) is 5.79. The first kappa shape index (κ1) is 11.0. The highest BCUT2D eigenvalue weighted by atomic mass is 19.3. The van der Waals surface area contributed by atoms with Crippen molar-refractivity contribution >= 4 is 5.78 Å². The number of carbonyl (C=O) groups excluding carboxylic acids is 1. The van der Waals surface area contributed by atoms with E-state index < -0.39 is 11.3 Å². The van der Waals surface area contributed by atoms with E-state index in [2.05, 4.69) is 0 Å². The van der Waals surface area contributed by atoms with E-state index in [0.717, 1.165) is 0 Å². The van der Waals surface area contributed by atoms with Crippen molar-refractivity contribution < 1.29 is 13.6 Å². The molecule has 86 valence electrons. The summed E-state index contributed by atoms with van der Waals surface area (Å²) in [5.41, 5.74) is -0.708. The van der Waals surface area contributed by atoms with Crippen molar-refractivity contribution in [2.75, 3.05) is 0 Å². The molecule has 2 saturated carbocycles. The molecular weight excluding hydrogens is 198 g/mol. The molecule has 15 heavy (non-hydrogen) atoms. The van der Waals surface area contributed by atoms with Gasteiger partial charge in [0.1, 0.15) is 5.78 Å². The minimum atomic E-state index is -2.43. The van der Waals surface area contributed by atoms with Crippen LogP contribution in [0.2, 0.25) is 0 Å². The molecule has 0 unspecified atom stereocenters. The van der Waals surface area contributed by atoms with Crippen LogP contribution in [0.5, 0.6) is 0 Å². The van der Waals surface area contributed by atoms with Crippen LogP contribution in [-0.2, 0) is 4.79 Å². The first-order valence-electron chi connectivity index (χ1n) is 5.79. The number of hydrogen-bond acceptors (Lipinski definition) is 1. The molecule has 1 nitrogen and oxygen atoms in total. The lowest BCUT2D eigenvalue weighted by atomic mass is 9.76. The Morgan fingerprint density at radius 2 is 1.73 bits per heavy atom. The summed E-state index contributed by atoms with van der Waals surface area (Å²) in [7, 11) is 0. The molecule has 2 fully saturated rings. The number of carbonyl (C=O) groups is 1. The van der Waals surface area contributed by atoms with Crippen LogP contribution in [0.4, 0.5) is 8.78 Å². The molecule has 3 heteroatoms. The molecule has 2 aliphatic carbocycles. The standard InChI is InChI=1S/C12H18F2O/c1-8(2)10(15)9-3-5-11(6-4-9)7-12(11,13)14/h8-9H,3-7H2,1-2H3. The van der Waals surface area contributed by atoms with Crippen LogP contribution in [0.1, 0.15) is 46.0 Å². The number of rotatable bonds is 2. The summed E-state index contributed by atoms with van der Waals surface area (Å²) in [6, 6.07) is 0. The van der Waals surface area contributed by atoms with Crippen molar-refractivity contribution in [3.8, 4) is 0 Å². The Labute approximate surface area is 89.2 Å². The zero-order chi connectivity index (χ0) is 11.3. The second kappa shape index (κ2) is 3.26. The van der Waals surface area contributed by atoms with Gasteiger partial charge in [0.25, 0.3) is 5.92 Å². The maximum absolute atomic E-state index is 13.1. The highest BCUT2D eigenvalue weighted by Crippen LogP contribution is 2.68. The number of ketones is 1. The summed E-state index contributed by atoms with van der Waals surface area (Å²) >= 11 is 0. The van der Waals surface area contributed by atoms with E-state index in [4.69, 9.17) is 0 Å². The topological polar surface area (TPSA) is 17.1 Å². The third-order valence-electron chi connectivity index (χ3n) is 4.13. The highest BCUT2D eigenvalue weighted by Gasteiger charge is 2.70. The van der Waals surface area contributed by atoms with Crippen LogP contribution in [-0.4, -0.2) is 11.7 Å². The monoisotopic (exact) mass is 216 g/mol. The quantitative estimate of drug-likeness (QED) is 0.691. The van der Waals surface area contributed by atoms with Crippen LogP contribution >= 0.6 is 0 Å². The molecule has 0 aliphatic heterocycles. The molecule has 0 bridgehead atoms. The third kappa shape index (κ3) is 1.70. The van der Waals surface area contributed by atoms with Gasteiger partial charge in [0.15, 0.2) is 0 Å². The Kier molecular flexibility index (Phi) is 2.40. The lowest BCUT2D eigenvalue weighted by molar-refractivity contribution is -0.127. The minimum absolute atomic E-state index is 0.0452. The Morgan fingerprint density at radius 1 is 1.27 bits per heavy atom. The van der Waals surface area contributed by atoms with Gasteiger partial charge < -0.3 is 0 Å². The van der Waals surface area contributed by atoms with Gasteiger partial charge >= 0.3 is 0 Å². The van der Waals surface area contributed by atoms with Crippen LogP contribution in [0.15, 0.2) is 0 Å². The molecule has 0 aromatic rings. The van der Waals surface area contributed by atoms with Gasteiger partial charge in [-0.3, -0.25) is 4.79 Å². The largest absolute Gasteiger partial charge is 0.299 e. The average Bonchev–Trinajstić information content (AvgIpc) is 2.67. The highest BCUT2D eigenvalue weighted by molar-refractivity contribution is 5.82. The van der Waals surface area contributed by atoms with E-state index in [0.29, 0.717) is 25.7 Å². The van der Waals surface area contributed by atoms with Gasteiger partial charge in [-0.1, -0.05) is 13.8 Å². The van der Waals surface area contributed by atoms with Gasteiger partial charge in [0, 0.05) is 23.7 Å². The number of halogens is 2. The second-order valence-corrected chi connectivity index (χ2v) is 5.49. The summed E-state index contributed by atoms with van der Waals surface area (Å²) in [5.74, 6) is -2.08. The lowest BCUT2D eigenvalue weighted by Gasteiger charge is -2.28. The zero-order valence-electron chi connectivity index (χ0n) is 9.35. The Hall–Kier alpha value is -0.470. The fourth-order valence-electron chi connectivity index (χ4n) is 2.85. The number of hydrogen-bond donors (Lipinski definition) is 0. The summed E-state index contributed by atoms with van der Waals surface area (Å²) in [6.07, 6.45) is 2.49. The van der Waals surface area contributed by atoms with Crippen LogP contribution < -0.4 is 0 Å². The predicted octanol–water partition coefficient (Wildman–Crippen LogP) is 3.43. The molecular formula is C12H18F2O. The summed E-state index contributed by atoms with van der Waals surface area (Å²) < 4.78 is 26.1. The second-order valence-electron chi connectivity index (χ2n) is 5.49. The summed E-state index contributed by atoms with van der Waals surface area (Å²) in [4.78, 5) is 11.7. The van der Waals surface area contributed by atoms with Crippen molar-refractivity contribution in [3.05, 3.63) is 0 Å². The SMILES string of the molecule is CC(C)C(=O)C1CCC2(CC1)CC2(F)F. The van der Waals surface area contributed by atoms with Gasteiger partial charge in [-0.15, -0.1) is 0 Å². The van der Waals surface area contributed by atoms with Gasteiger partial charge in [-0.05, 0) is 25.7 Å². The van der Waals surface area contributed by atoms with Crippen molar-refractivity contribution in [3.63, 3.8) is 0 Å². The fourth-order valence-corrected chi connectivity index (χ4v) is 2.85. The van der Waals surface area contributed by atoms with Gasteiger partial charge in [0.05, 0.1) is 0 Å². The molecule has 0 aromatic carbocycles. The Balaban J connectivity index is 1.91. The first-order chi connectivity index (χ1) is 6.88. The van der Waals surface area contributed by atoms with Crippen LogP contribution in [0, 0.1) is 17.3 Å². The maximum atomic E-state index is 13.1. The van der Waals surface area contributed by atoms with Crippen molar-refractivity contribution in [2.45, 2.75) is 51.9 Å². The minimum Gasteiger partial charge on any atom is -0.299 e.